The Morgan fingerprint density at radius 3 is 2.41 bits per heavy atom. The van der Waals surface area contributed by atoms with E-state index in [1.54, 1.807) is 7.11 Å². The van der Waals surface area contributed by atoms with E-state index in [2.05, 4.69) is 0 Å². The average Bonchev–Trinajstić information content (AvgIpc) is 3.42. The molecule has 6 heteroatoms. The van der Waals surface area contributed by atoms with Gasteiger partial charge in [-0.25, -0.2) is 0 Å². The maximum Gasteiger partial charge on any atom is 0.300 e. The summed E-state index contributed by atoms with van der Waals surface area (Å²) in [5, 5.41) is 13.5. The van der Waals surface area contributed by atoms with Crippen molar-refractivity contribution in [1.29, 1.82) is 0 Å². The molecule has 0 bridgehead atoms. The molecule has 1 saturated heterocycles. The number of thiophene rings is 1. The first kappa shape index (κ1) is 23.8. The monoisotopic (exact) mass is 475 g/mol. The molecule has 1 aliphatic rings. The smallest absolute Gasteiger partial charge is 0.300 e. The van der Waals surface area contributed by atoms with Crippen LogP contribution < -0.4 is 9.64 Å². The number of carbonyl (C=O) groups excluding carboxylic acids is 2. The van der Waals surface area contributed by atoms with Gasteiger partial charge in [0.15, 0.2) is 0 Å². The highest BCUT2D eigenvalue weighted by Crippen LogP contribution is 2.45. The van der Waals surface area contributed by atoms with Gasteiger partial charge >= 0.3 is 0 Å². The molecule has 3 aromatic rings. The van der Waals surface area contributed by atoms with Gasteiger partial charge in [0.2, 0.25) is 0 Å². The SMILES string of the molecule is COc1cc(C)c(/C(O)=C2\C(=O)C(=O)N(c3cccc(C)c3C)C2c2cccs2)cc1C(C)C. The number of amides is 1. The van der Waals surface area contributed by atoms with Crippen LogP contribution in [0.25, 0.3) is 5.76 Å². The summed E-state index contributed by atoms with van der Waals surface area (Å²) in [6, 6.07) is 12.5. The molecule has 2 heterocycles. The lowest BCUT2D eigenvalue weighted by molar-refractivity contribution is -0.132. The summed E-state index contributed by atoms with van der Waals surface area (Å²) in [4.78, 5) is 29.2. The largest absolute Gasteiger partial charge is 0.507 e. The second kappa shape index (κ2) is 9.11. The Morgan fingerprint density at radius 2 is 1.79 bits per heavy atom. The van der Waals surface area contributed by atoms with Crippen LogP contribution in [0.15, 0.2) is 53.4 Å². The normalized spacial score (nSPS) is 17.6. The first-order valence-corrected chi connectivity index (χ1v) is 12.1. The van der Waals surface area contributed by atoms with Crippen LogP contribution >= 0.6 is 11.3 Å². The fourth-order valence-corrected chi connectivity index (χ4v) is 5.34. The van der Waals surface area contributed by atoms with E-state index >= 15 is 0 Å². The number of nitrogens with zero attached hydrogens (tertiary/aromatic N) is 1. The highest BCUT2D eigenvalue weighted by atomic mass is 32.1. The Balaban J connectivity index is 1.99. The predicted molar refractivity (Wildman–Crippen MR) is 137 cm³/mol. The number of benzene rings is 2. The first-order valence-electron chi connectivity index (χ1n) is 11.3. The topological polar surface area (TPSA) is 66.8 Å². The van der Waals surface area contributed by atoms with E-state index in [1.165, 1.54) is 16.2 Å². The molecule has 1 aromatic heterocycles. The Hall–Kier alpha value is -3.38. The second-order valence-electron chi connectivity index (χ2n) is 8.97. The lowest BCUT2D eigenvalue weighted by Crippen LogP contribution is -2.29. The standard InChI is InChI=1S/C28H29NO4S/c1-15(2)19-14-20(17(4)13-22(19)33-6)26(30)24-25(23-11-8-12-34-23)29(28(32)27(24)31)21-10-7-9-16(3)18(21)5/h7-15,25,30H,1-6H3/b26-24+. The third kappa shape index (κ3) is 3.82. The zero-order valence-electron chi connectivity index (χ0n) is 20.3. The Morgan fingerprint density at radius 1 is 1.06 bits per heavy atom. The highest BCUT2D eigenvalue weighted by molar-refractivity contribution is 7.10. The van der Waals surface area contributed by atoms with Gasteiger partial charge in [-0.3, -0.25) is 14.5 Å². The van der Waals surface area contributed by atoms with Crippen LogP contribution in [0.2, 0.25) is 0 Å². The van der Waals surface area contributed by atoms with Crippen LogP contribution in [0.1, 0.15) is 58.5 Å². The summed E-state index contributed by atoms with van der Waals surface area (Å²) in [5.74, 6) is -0.601. The van der Waals surface area contributed by atoms with Crippen LogP contribution in [0.5, 0.6) is 5.75 Å². The zero-order valence-corrected chi connectivity index (χ0v) is 21.1. The third-order valence-electron chi connectivity index (χ3n) is 6.55. The molecular weight excluding hydrogens is 446 g/mol. The number of hydrogen-bond acceptors (Lipinski definition) is 5. The van der Waals surface area contributed by atoms with E-state index < -0.39 is 17.7 Å². The minimum absolute atomic E-state index is 0.108. The average molecular weight is 476 g/mol. The molecule has 1 fully saturated rings. The summed E-state index contributed by atoms with van der Waals surface area (Å²) < 4.78 is 5.54. The molecule has 1 atom stereocenters. The number of aliphatic hydroxyl groups is 1. The van der Waals surface area contributed by atoms with E-state index in [0.717, 1.165) is 32.9 Å². The molecule has 176 valence electrons. The summed E-state index contributed by atoms with van der Waals surface area (Å²) in [6.07, 6.45) is 0. The van der Waals surface area contributed by atoms with Gasteiger partial charge in [-0.05, 0) is 78.6 Å². The number of Topliss-reactive ketones (excluding diaryl/α,β-unsaturated/α-hetero) is 1. The molecule has 34 heavy (non-hydrogen) atoms. The molecule has 1 aliphatic heterocycles. The molecule has 1 N–H and O–H groups in total. The number of methoxy groups -OCH3 is 1. The van der Waals surface area contributed by atoms with E-state index in [9.17, 15) is 14.7 Å². The molecule has 5 nitrogen and oxygen atoms in total. The number of rotatable bonds is 5. The Labute approximate surface area is 204 Å². The van der Waals surface area contributed by atoms with Crippen molar-refractivity contribution in [2.75, 3.05) is 12.0 Å². The van der Waals surface area contributed by atoms with Gasteiger partial charge in [0, 0.05) is 16.1 Å². The first-order chi connectivity index (χ1) is 16.2. The van der Waals surface area contributed by atoms with Crippen LogP contribution in [0.4, 0.5) is 5.69 Å². The van der Waals surface area contributed by atoms with Gasteiger partial charge in [0.25, 0.3) is 11.7 Å². The minimum atomic E-state index is -0.704. The summed E-state index contributed by atoms with van der Waals surface area (Å²) in [6.45, 7) is 9.87. The van der Waals surface area contributed by atoms with Gasteiger partial charge in [-0.15, -0.1) is 11.3 Å². The molecule has 0 radical (unpaired) electrons. The molecule has 0 spiro atoms. The van der Waals surface area contributed by atoms with Crippen LogP contribution in [-0.2, 0) is 9.59 Å². The van der Waals surface area contributed by atoms with Gasteiger partial charge in [-0.2, -0.15) is 0 Å². The van der Waals surface area contributed by atoms with E-state index in [4.69, 9.17) is 4.74 Å². The Bertz CT molecular complexity index is 1300. The highest BCUT2D eigenvalue weighted by Gasteiger charge is 2.48. The quantitative estimate of drug-likeness (QED) is 0.262. The maximum absolute atomic E-state index is 13.4. The number of ether oxygens (including phenoxy) is 1. The van der Waals surface area contributed by atoms with Crippen molar-refractivity contribution >= 4 is 34.5 Å². The van der Waals surface area contributed by atoms with Crippen LogP contribution in [-0.4, -0.2) is 23.9 Å². The van der Waals surface area contributed by atoms with Crippen LogP contribution in [0.3, 0.4) is 0 Å². The number of carbonyl (C=O) groups is 2. The molecule has 0 aliphatic carbocycles. The number of anilines is 1. The van der Waals surface area contributed by atoms with Gasteiger partial charge in [0.1, 0.15) is 17.6 Å². The Kier molecular flexibility index (Phi) is 6.36. The molecule has 0 saturated carbocycles. The van der Waals surface area contributed by atoms with E-state index in [1.807, 2.05) is 82.5 Å². The lowest BCUT2D eigenvalue weighted by Gasteiger charge is -2.26. The third-order valence-corrected chi connectivity index (χ3v) is 7.47. The van der Waals surface area contributed by atoms with Gasteiger partial charge in [-0.1, -0.05) is 32.0 Å². The summed E-state index contributed by atoms with van der Waals surface area (Å²) >= 11 is 1.46. The minimum Gasteiger partial charge on any atom is -0.507 e. The number of aliphatic hydroxyl groups excluding tert-OH is 1. The lowest BCUT2D eigenvalue weighted by atomic mass is 9.92. The molecule has 2 aromatic carbocycles. The maximum atomic E-state index is 13.4. The fraction of sp³-hybridized carbons (Fsp3) is 0.286. The van der Waals surface area contributed by atoms with Gasteiger partial charge in [0.05, 0.1) is 12.7 Å². The number of ketones is 1. The molecule has 1 amide bonds. The van der Waals surface area contributed by atoms with Crippen molar-refractivity contribution < 1.29 is 19.4 Å². The predicted octanol–water partition coefficient (Wildman–Crippen LogP) is 6.43. The molecule has 1 unspecified atom stereocenters. The van der Waals surface area contributed by atoms with Crippen molar-refractivity contribution in [3.8, 4) is 5.75 Å². The molecule has 4 rings (SSSR count). The second-order valence-corrected chi connectivity index (χ2v) is 9.95. The number of hydrogen-bond donors (Lipinski definition) is 1. The van der Waals surface area contributed by atoms with Gasteiger partial charge < -0.3 is 9.84 Å². The van der Waals surface area contributed by atoms with Crippen molar-refractivity contribution in [3.05, 3.63) is 86.1 Å². The summed E-state index contributed by atoms with van der Waals surface area (Å²) in [7, 11) is 1.62. The van der Waals surface area contributed by atoms with Crippen molar-refractivity contribution in [2.45, 2.75) is 46.6 Å². The van der Waals surface area contributed by atoms with E-state index in [0.29, 0.717) is 11.3 Å². The van der Waals surface area contributed by atoms with E-state index in [-0.39, 0.29) is 17.3 Å². The number of aryl methyl sites for hydroxylation is 2. The summed E-state index contributed by atoms with van der Waals surface area (Å²) in [5.41, 5.74) is 4.95. The zero-order chi connectivity index (χ0) is 24.7. The van der Waals surface area contributed by atoms with Crippen LogP contribution in [0, 0.1) is 20.8 Å². The van der Waals surface area contributed by atoms with Crippen molar-refractivity contribution in [2.24, 2.45) is 0 Å². The fourth-order valence-electron chi connectivity index (χ4n) is 4.52. The van der Waals surface area contributed by atoms with Crippen molar-refractivity contribution in [1.82, 2.24) is 0 Å². The van der Waals surface area contributed by atoms with Crippen molar-refractivity contribution in [3.63, 3.8) is 0 Å². The molecular formula is C28H29NO4S.